The van der Waals surface area contributed by atoms with Crippen molar-refractivity contribution < 1.29 is 23.0 Å². The van der Waals surface area contributed by atoms with E-state index in [4.69, 9.17) is 4.74 Å². The molecule has 0 bridgehead atoms. The van der Waals surface area contributed by atoms with E-state index in [1.54, 1.807) is 6.92 Å². The topological polar surface area (TPSA) is 47.6 Å². The first-order valence-corrected chi connectivity index (χ1v) is 5.65. The maximum Gasteiger partial charge on any atom is 0.325 e. The third-order valence-corrected chi connectivity index (χ3v) is 2.39. The van der Waals surface area contributed by atoms with Crippen LogP contribution < -0.4 is 5.32 Å². The van der Waals surface area contributed by atoms with E-state index >= 15 is 0 Å². The van der Waals surface area contributed by atoms with Crippen molar-refractivity contribution in [3.63, 3.8) is 0 Å². The van der Waals surface area contributed by atoms with Gasteiger partial charge in [-0.1, -0.05) is 6.92 Å². The van der Waals surface area contributed by atoms with Crippen LogP contribution in [-0.4, -0.2) is 44.8 Å². The molecule has 0 aromatic heterocycles. The van der Waals surface area contributed by atoms with Crippen LogP contribution in [0, 0.1) is 0 Å². The lowest BCUT2D eigenvalue weighted by Gasteiger charge is -2.27. The summed E-state index contributed by atoms with van der Waals surface area (Å²) in [5.41, 5.74) is -0.882. The summed E-state index contributed by atoms with van der Waals surface area (Å²) in [5.74, 6) is -0.411. The van der Waals surface area contributed by atoms with Crippen LogP contribution in [0.5, 0.6) is 0 Å². The van der Waals surface area contributed by atoms with Crippen molar-refractivity contribution in [2.45, 2.75) is 38.7 Å². The van der Waals surface area contributed by atoms with Crippen LogP contribution >= 0.6 is 0 Å². The van der Waals surface area contributed by atoms with Crippen LogP contribution in [-0.2, 0) is 14.3 Å². The highest BCUT2D eigenvalue weighted by atomic mass is 19.3. The molecule has 1 unspecified atom stereocenters. The fourth-order valence-electron chi connectivity index (χ4n) is 1.34. The normalized spacial score (nSPS) is 14.7. The molecule has 1 N–H and O–H groups in total. The van der Waals surface area contributed by atoms with Crippen molar-refractivity contribution in [2.24, 2.45) is 0 Å². The fourth-order valence-corrected chi connectivity index (χ4v) is 1.34. The Morgan fingerprint density at radius 3 is 2.59 bits per heavy atom. The molecule has 0 aromatic carbocycles. The number of methoxy groups -OCH3 is 1. The standard InChI is InChI=1S/C11H21F2NO3/c1-4-6-14-11(2,10(15)16-3)5-7-17-8-9(12)13/h9,14H,4-8H2,1-3H3. The summed E-state index contributed by atoms with van der Waals surface area (Å²) in [6.07, 6.45) is -1.32. The van der Waals surface area contributed by atoms with Gasteiger partial charge in [-0.25, -0.2) is 8.78 Å². The van der Waals surface area contributed by atoms with Crippen molar-refractivity contribution in [3.05, 3.63) is 0 Å². The minimum absolute atomic E-state index is 0.0899. The van der Waals surface area contributed by atoms with Gasteiger partial charge in [-0.3, -0.25) is 4.79 Å². The molecule has 1 atom stereocenters. The molecule has 0 spiro atoms. The fraction of sp³-hybridized carbons (Fsp3) is 0.909. The van der Waals surface area contributed by atoms with Gasteiger partial charge in [0, 0.05) is 6.61 Å². The van der Waals surface area contributed by atoms with Gasteiger partial charge in [-0.05, 0) is 26.3 Å². The Labute approximate surface area is 101 Å². The first kappa shape index (κ1) is 16.2. The average molecular weight is 253 g/mol. The minimum atomic E-state index is -2.48. The molecule has 0 fully saturated rings. The first-order chi connectivity index (χ1) is 7.96. The van der Waals surface area contributed by atoms with Crippen LogP contribution in [0.15, 0.2) is 0 Å². The number of nitrogens with one attached hydrogen (secondary N) is 1. The molecule has 0 aromatic rings. The van der Waals surface area contributed by atoms with Gasteiger partial charge in [0.25, 0.3) is 6.43 Å². The lowest BCUT2D eigenvalue weighted by atomic mass is 9.98. The monoisotopic (exact) mass is 253 g/mol. The number of alkyl halides is 2. The van der Waals surface area contributed by atoms with E-state index in [0.29, 0.717) is 13.0 Å². The maximum absolute atomic E-state index is 11.8. The average Bonchev–Trinajstić information content (AvgIpc) is 2.30. The molecule has 102 valence electrons. The lowest BCUT2D eigenvalue weighted by molar-refractivity contribution is -0.149. The predicted molar refractivity (Wildman–Crippen MR) is 60.2 cm³/mol. The number of carbonyl (C=O) groups excluding carboxylic acids is 1. The van der Waals surface area contributed by atoms with Crippen molar-refractivity contribution in [2.75, 3.05) is 26.9 Å². The highest BCUT2D eigenvalue weighted by Gasteiger charge is 2.33. The highest BCUT2D eigenvalue weighted by molar-refractivity contribution is 5.80. The predicted octanol–water partition coefficient (Wildman–Crippen LogP) is 1.59. The molecule has 0 saturated carbocycles. The zero-order valence-corrected chi connectivity index (χ0v) is 10.6. The molecule has 17 heavy (non-hydrogen) atoms. The Morgan fingerprint density at radius 2 is 2.12 bits per heavy atom. The van der Waals surface area contributed by atoms with Gasteiger partial charge >= 0.3 is 5.97 Å². The van der Waals surface area contributed by atoms with Crippen LogP contribution in [0.3, 0.4) is 0 Å². The SMILES string of the molecule is CCCNC(C)(CCOCC(F)F)C(=O)OC. The molecular weight excluding hydrogens is 232 g/mol. The second kappa shape index (κ2) is 8.36. The third kappa shape index (κ3) is 6.53. The maximum atomic E-state index is 11.8. The lowest BCUT2D eigenvalue weighted by Crippen LogP contribution is -2.51. The van der Waals surface area contributed by atoms with E-state index in [-0.39, 0.29) is 6.61 Å². The summed E-state index contributed by atoms with van der Waals surface area (Å²) in [7, 11) is 1.30. The number of halogens is 2. The molecule has 0 radical (unpaired) electrons. The summed E-state index contributed by atoms with van der Waals surface area (Å²) in [6, 6.07) is 0. The quantitative estimate of drug-likeness (QED) is 0.501. The Balaban J connectivity index is 4.14. The van der Waals surface area contributed by atoms with E-state index in [1.807, 2.05) is 6.92 Å². The van der Waals surface area contributed by atoms with Crippen LogP contribution in [0.2, 0.25) is 0 Å². The second-order valence-corrected chi connectivity index (χ2v) is 3.97. The van der Waals surface area contributed by atoms with E-state index < -0.39 is 24.5 Å². The van der Waals surface area contributed by atoms with Crippen LogP contribution in [0.1, 0.15) is 26.7 Å². The summed E-state index contributed by atoms with van der Waals surface area (Å²) in [4.78, 5) is 11.6. The number of hydrogen-bond donors (Lipinski definition) is 1. The van der Waals surface area contributed by atoms with Crippen molar-refractivity contribution in [1.82, 2.24) is 5.32 Å². The van der Waals surface area contributed by atoms with Gasteiger partial charge in [-0.2, -0.15) is 0 Å². The smallest absolute Gasteiger partial charge is 0.325 e. The summed E-state index contributed by atoms with van der Waals surface area (Å²) in [5, 5.41) is 3.04. The zero-order valence-electron chi connectivity index (χ0n) is 10.6. The van der Waals surface area contributed by atoms with Gasteiger partial charge < -0.3 is 14.8 Å². The molecule has 0 saturated heterocycles. The Kier molecular flexibility index (Phi) is 7.99. The first-order valence-electron chi connectivity index (χ1n) is 5.65. The minimum Gasteiger partial charge on any atom is -0.468 e. The van der Waals surface area contributed by atoms with Gasteiger partial charge in [0.2, 0.25) is 0 Å². The largest absolute Gasteiger partial charge is 0.468 e. The summed E-state index contributed by atoms with van der Waals surface area (Å²) < 4.78 is 33.2. The molecule has 0 amide bonds. The van der Waals surface area contributed by atoms with Crippen molar-refractivity contribution in [3.8, 4) is 0 Å². The Morgan fingerprint density at radius 1 is 1.47 bits per heavy atom. The Hall–Kier alpha value is -0.750. The molecule has 0 heterocycles. The Bertz CT molecular complexity index is 227. The van der Waals surface area contributed by atoms with Crippen molar-refractivity contribution >= 4 is 5.97 Å². The summed E-state index contributed by atoms with van der Waals surface area (Å²) in [6.45, 7) is 3.79. The van der Waals surface area contributed by atoms with Crippen molar-refractivity contribution in [1.29, 1.82) is 0 Å². The number of esters is 1. The molecular formula is C11H21F2NO3. The van der Waals surface area contributed by atoms with Gasteiger partial charge in [-0.15, -0.1) is 0 Å². The van der Waals surface area contributed by atoms with Crippen LogP contribution in [0.4, 0.5) is 8.78 Å². The number of carbonyl (C=O) groups is 1. The molecule has 0 aliphatic rings. The van der Waals surface area contributed by atoms with E-state index in [2.05, 4.69) is 10.1 Å². The third-order valence-electron chi connectivity index (χ3n) is 2.39. The van der Waals surface area contributed by atoms with Gasteiger partial charge in [0.15, 0.2) is 0 Å². The van der Waals surface area contributed by atoms with E-state index in [9.17, 15) is 13.6 Å². The highest BCUT2D eigenvalue weighted by Crippen LogP contribution is 2.12. The second-order valence-electron chi connectivity index (χ2n) is 3.97. The molecule has 0 aliphatic carbocycles. The summed E-state index contributed by atoms with van der Waals surface area (Å²) >= 11 is 0. The molecule has 0 rings (SSSR count). The number of hydrogen-bond acceptors (Lipinski definition) is 4. The number of rotatable bonds is 9. The number of ether oxygens (including phenoxy) is 2. The van der Waals surface area contributed by atoms with Crippen LogP contribution in [0.25, 0.3) is 0 Å². The molecule has 4 nitrogen and oxygen atoms in total. The zero-order chi connectivity index (χ0) is 13.3. The van der Waals surface area contributed by atoms with Gasteiger partial charge in [0.1, 0.15) is 12.1 Å². The van der Waals surface area contributed by atoms with Gasteiger partial charge in [0.05, 0.1) is 7.11 Å². The van der Waals surface area contributed by atoms with E-state index in [0.717, 1.165) is 6.42 Å². The van der Waals surface area contributed by atoms with E-state index in [1.165, 1.54) is 7.11 Å². The molecule has 0 aliphatic heterocycles. The molecule has 6 heteroatoms.